The standard InChI is InChI=1S/C94H122Br2O8/c1-85(2,3)71-39-55-31-59-43-73(87(7,8)9)47-63(81(59)101-27)35-67-51-93(95,91(19,20)21)53-69(77(67)97)37-65-49-75(89(13,14)15)45-61(83(65)103-29)33-57-41-72(86(4,5)6)42-58(80(57)100-26)34-62-46-76(90(16,17)18)50-66(84(62)104-30)38-70-54-94(96,92(22,23)24)52-68(78(70)98)36-64-48-74(88(10,11)12)44-60(82(64)102-28)32-56(40-71)79(55)99-25/h39-54H,31-38H2,1-30H3. The molecule has 0 aliphatic heterocycles. The van der Waals surface area contributed by atoms with E-state index in [0.717, 1.165) is 135 Å². The van der Waals surface area contributed by atoms with Gasteiger partial charge in [-0.25, -0.2) is 0 Å². The van der Waals surface area contributed by atoms with Crippen LogP contribution >= 0.6 is 31.9 Å². The van der Waals surface area contributed by atoms with Crippen LogP contribution in [0.25, 0.3) is 0 Å². The Balaban J connectivity index is 1.37. The number of allylic oxidation sites excluding steroid dienone is 8. The highest BCUT2D eigenvalue weighted by Gasteiger charge is 2.44. The molecule has 0 N–H and O–H groups in total. The number of Topliss-reactive ketones (excluding diaryl/α,β-unsaturated/α-hetero) is 2. The second-order valence-corrected chi connectivity index (χ2v) is 40.9. The zero-order valence-electron chi connectivity index (χ0n) is 68.9. The van der Waals surface area contributed by atoms with Gasteiger partial charge < -0.3 is 28.4 Å². The lowest BCUT2D eigenvalue weighted by atomic mass is 9.72. The summed E-state index contributed by atoms with van der Waals surface area (Å²) in [6.45, 7) is 53.9. The molecular weight excluding hydrogens is 1420 g/mol. The predicted molar refractivity (Wildman–Crippen MR) is 441 cm³/mol. The molecule has 6 aromatic rings. The van der Waals surface area contributed by atoms with Crippen molar-refractivity contribution in [3.63, 3.8) is 0 Å². The van der Waals surface area contributed by atoms with Gasteiger partial charge in [0.1, 0.15) is 34.5 Å². The van der Waals surface area contributed by atoms with E-state index in [9.17, 15) is 0 Å². The van der Waals surface area contributed by atoms with Gasteiger partial charge >= 0.3 is 0 Å². The molecule has 9 rings (SSSR count). The van der Waals surface area contributed by atoms with E-state index in [1.165, 1.54) is 0 Å². The van der Waals surface area contributed by atoms with Gasteiger partial charge in [-0.2, -0.15) is 0 Å². The first-order chi connectivity index (χ1) is 47.8. The maximum absolute atomic E-state index is 16.0. The summed E-state index contributed by atoms with van der Waals surface area (Å²) in [6.07, 6.45) is 11.9. The Morgan fingerprint density at radius 1 is 0.240 bits per heavy atom. The Labute approximate surface area is 643 Å². The lowest BCUT2D eigenvalue weighted by molar-refractivity contribution is -0.113. The lowest BCUT2D eigenvalue weighted by Gasteiger charge is -2.39. The molecule has 0 radical (unpaired) electrons. The second kappa shape index (κ2) is 29.2. The van der Waals surface area contributed by atoms with E-state index in [4.69, 9.17) is 28.4 Å². The van der Waals surface area contributed by atoms with Crippen molar-refractivity contribution in [3.05, 3.63) is 220 Å². The third-order valence-electron chi connectivity index (χ3n) is 21.9. The largest absolute Gasteiger partial charge is 0.496 e. The van der Waals surface area contributed by atoms with Crippen molar-refractivity contribution in [2.24, 2.45) is 10.8 Å². The molecule has 0 fully saturated rings. The minimum Gasteiger partial charge on any atom is -0.496 e. The van der Waals surface area contributed by atoms with Gasteiger partial charge in [-0.15, -0.1) is 0 Å². The molecule has 0 unspecified atom stereocenters. The Morgan fingerprint density at radius 3 is 0.471 bits per heavy atom. The molecule has 8 nitrogen and oxygen atoms in total. The number of ether oxygens (including phenoxy) is 6. The van der Waals surface area contributed by atoms with E-state index >= 15 is 9.59 Å². The highest BCUT2D eigenvalue weighted by molar-refractivity contribution is 9.10. The molecule has 560 valence electrons. The molecule has 10 heteroatoms. The lowest BCUT2D eigenvalue weighted by Crippen LogP contribution is -2.37. The van der Waals surface area contributed by atoms with Gasteiger partial charge in [0, 0.05) is 73.7 Å². The number of hydrogen-bond acceptors (Lipinski definition) is 8. The fraction of sp³-hybridized carbons (Fsp3) is 0.511. The minimum absolute atomic E-state index is 0.00847. The molecule has 3 aliphatic rings. The first kappa shape index (κ1) is 81.5. The molecule has 6 aromatic carbocycles. The normalized spacial score (nSPS) is 16.6. The Bertz CT molecular complexity index is 3940. The summed E-state index contributed by atoms with van der Waals surface area (Å²) >= 11 is 8.66. The van der Waals surface area contributed by atoms with Gasteiger partial charge in [-0.05, 0) is 143 Å². The van der Waals surface area contributed by atoms with Gasteiger partial charge in [0.15, 0.2) is 11.6 Å². The quantitative estimate of drug-likeness (QED) is 0.152. The van der Waals surface area contributed by atoms with Gasteiger partial charge in [0.2, 0.25) is 0 Å². The molecule has 0 spiro atoms. The molecule has 104 heavy (non-hydrogen) atoms. The van der Waals surface area contributed by atoms with E-state index in [1.54, 1.807) is 42.7 Å². The molecule has 0 heterocycles. The monoisotopic (exact) mass is 1540 g/mol. The van der Waals surface area contributed by atoms with Crippen LogP contribution < -0.4 is 28.4 Å². The van der Waals surface area contributed by atoms with Gasteiger partial charge in [0.25, 0.3) is 0 Å². The fourth-order valence-electron chi connectivity index (χ4n) is 15.1. The first-order valence-electron chi connectivity index (χ1n) is 37.4. The van der Waals surface area contributed by atoms with E-state index in [-0.39, 0.29) is 54.9 Å². The fourth-order valence-corrected chi connectivity index (χ4v) is 16.2. The highest BCUT2D eigenvalue weighted by atomic mass is 79.9. The van der Waals surface area contributed by atoms with E-state index < -0.39 is 8.65 Å². The zero-order valence-corrected chi connectivity index (χ0v) is 72.1. The van der Waals surface area contributed by atoms with Crippen LogP contribution in [0.5, 0.6) is 34.5 Å². The van der Waals surface area contributed by atoms with Gasteiger partial charge in [-0.3, -0.25) is 9.59 Å². The number of methoxy groups -OCH3 is 6. The first-order valence-corrected chi connectivity index (χ1v) is 38.9. The van der Waals surface area contributed by atoms with E-state index in [1.807, 2.05) is 0 Å². The Morgan fingerprint density at radius 2 is 0.365 bits per heavy atom. The van der Waals surface area contributed by atoms with Crippen molar-refractivity contribution in [2.45, 2.75) is 259 Å². The number of benzene rings is 6. The molecule has 3 aliphatic carbocycles. The number of rotatable bonds is 6. The molecular formula is C94H122Br2O8. The van der Waals surface area contributed by atoms with Crippen molar-refractivity contribution in [1.82, 2.24) is 0 Å². The molecule has 0 aromatic heterocycles. The number of fused-ring (bicyclic) bond motifs is 16. The zero-order chi connectivity index (χ0) is 77.5. The summed E-state index contributed by atoms with van der Waals surface area (Å²) in [5.41, 5.74) is 19.1. The van der Waals surface area contributed by atoms with Crippen LogP contribution in [-0.2, 0) is 93.4 Å². The third kappa shape index (κ3) is 17.0. The molecule has 0 saturated carbocycles. The maximum atomic E-state index is 16.0. The third-order valence-corrected chi connectivity index (χ3v) is 25.2. The molecule has 0 atom stereocenters. The molecule has 16 bridgehead atoms. The van der Waals surface area contributed by atoms with Gasteiger partial charge in [-0.1, -0.05) is 295 Å². The summed E-state index contributed by atoms with van der Waals surface area (Å²) in [7, 11) is 10.6. The predicted octanol–water partition coefficient (Wildman–Crippen LogP) is 23.0. The van der Waals surface area contributed by atoms with Crippen molar-refractivity contribution in [3.8, 4) is 34.5 Å². The summed E-state index contributed by atoms with van der Waals surface area (Å²) in [5, 5.41) is 0. The van der Waals surface area contributed by atoms with Crippen LogP contribution in [0.1, 0.15) is 266 Å². The van der Waals surface area contributed by atoms with Crippen LogP contribution in [0, 0.1) is 10.8 Å². The summed E-state index contributed by atoms with van der Waals surface area (Å²) in [6, 6.07) is 27.5. The Hall–Kier alpha value is -6.62. The Kier molecular flexibility index (Phi) is 22.8. The summed E-state index contributed by atoms with van der Waals surface area (Å²) in [4.78, 5) is 32.1. The number of ketones is 2. The van der Waals surface area contributed by atoms with Crippen molar-refractivity contribution in [2.75, 3.05) is 42.7 Å². The van der Waals surface area contributed by atoms with Crippen LogP contribution in [0.15, 0.2) is 119 Å². The topological polar surface area (TPSA) is 89.5 Å². The number of carbonyl (C=O) groups excluding carboxylic acids is 2. The summed E-state index contributed by atoms with van der Waals surface area (Å²) in [5.74, 6) is 4.51. The smallest absolute Gasteiger partial charge is 0.185 e. The highest BCUT2D eigenvalue weighted by Crippen LogP contribution is 2.51. The van der Waals surface area contributed by atoms with Crippen molar-refractivity contribution in [1.29, 1.82) is 0 Å². The molecule has 0 amide bonds. The SMILES string of the molecule is COc1c2cc(C(C)(C)C)cc1Cc1cc(C(C)(C)C)cc(c1OC)Cc1cc(C(C)(C)C)cc(c1OC)CC1=CC(Br)(C(C)(C)C)C=C(Cc3cc(C(C)(C)C)cc(c3OC)Cc3cc(C(C)(C)C)cc(c3OC)Cc3cc(C(C)(C)C)cc(c3OC)CC3=CC(Br)(C(C)(C)C)C=C(C2)C3=O)C1=O. The maximum Gasteiger partial charge on any atom is 0.185 e. The average molecular weight is 1540 g/mol. The van der Waals surface area contributed by atoms with Crippen LogP contribution in [0.2, 0.25) is 0 Å². The van der Waals surface area contributed by atoms with E-state index in [0.29, 0.717) is 73.7 Å². The minimum atomic E-state index is -0.707. The van der Waals surface area contributed by atoms with Gasteiger partial charge in [0.05, 0.1) is 51.3 Å². The molecule has 0 saturated heterocycles. The van der Waals surface area contributed by atoms with Crippen LogP contribution in [-0.4, -0.2) is 62.9 Å². The van der Waals surface area contributed by atoms with E-state index in [2.05, 4.69) is 295 Å². The number of hydrogen-bond donors (Lipinski definition) is 0. The number of carbonyl (C=O) groups is 2. The second-order valence-electron chi connectivity index (χ2n) is 38.3. The summed E-state index contributed by atoms with van der Waals surface area (Å²) < 4.78 is 38.8. The van der Waals surface area contributed by atoms with Crippen molar-refractivity contribution < 1.29 is 38.0 Å². The number of halogens is 2. The van der Waals surface area contributed by atoms with Crippen LogP contribution in [0.3, 0.4) is 0 Å². The van der Waals surface area contributed by atoms with Crippen molar-refractivity contribution >= 4 is 43.4 Å². The average Bonchev–Trinajstić information content (AvgIpc) is 0.761. The van der Waals surface area contributed by atoms with Crippen LogP contribution in [0.4, 0.5) is 0 Å². The number of alkyl halides is 2.